The van der Waals surface area contributed by atoms with E-state index in [2.05, 4.69) is 5.32 Å². The highest BCUT2D eigenvalue weighted by molar-refractivity contribution is 5.83. The van der Waals surface area contributed by atoms with Gasteiger partial charge in [-0.05, 0) is 34.6 Å². The molecule has 0 aromatic rings. The minimum absolute atomic E-state index is 0.160. The second-order valence-electron chi connectivity index (χ2n) is 6.27. The fourth-order valence-corrected chi connectivity index (χ4v) is 1.19. The van der Waals surface area contributed by atoms with Crippen molar-refractivity contribution in [2.75, 3.05) is 20.3 Å². The van der Waals surface area contributed by atoms with E-state index in [4.69, 9.17) is 10.5 Å². The van der Waals surface area contributed by atoms with Gasteiger partial charge in [0, 0.05) is 32.2 Å². The van der Waals surface area contributed by atoms with Gasteiger partial charge in [0.1, 0.15) is 0 Å². The Labute approximate surface area is 110 Å². The Kier molecular flexibility index (Phi) is 5.78. The molecule has 18 heavy (non-hydrogen) atoms. The summed E-state index contributed by atoms with van der Waals surface area (Å²) in [5, 5.41) is 12.8. The molecule has 4 N–H and O–H groups in total. The maximum absolute atomic E-state index is 12.1. The predicted octanol–water partition coefficient (Wildman–Crippen LogP) is 0.654. The van der Waals surface area contributed by atoms with E-state index < -0.39 is 16.6 Å². The average molecular weight is 260 g/mol. The van der Waals surface area contributed by atoms with E-state index in [1.54, 1.807) is 27.9 Å². The van der Waals surface area contributed by atoms with Crippen molar-refractivity contribution in [2.45, 2.75) is 52.2 Å². The number of carbonyl (C=O) groups excluding carboxylic acids is 1. The summed E-state index contributed by atoms with van der Waals surface area (Å²) in [6.45, 7) is 9.54. The Hall–Kier alpha value is -0.650. The minimum Gasteiger partial charge on any atom is -0.388 e. The van der Waals surface area contributed by atoms with Crippen LogP contribution in [0.2, 0.25) is 0 Å². The van der Waals surface area contributed by atoms with E-state index in [1.165, 1.54) is 0 Å². The molecule has 5 heteroatoms. The van der Waals surface area contributed by atoms with Crippen LogP contribution < -0.4 is 11.1 Å². The van der Waals surface area contributed by atoms with Crippen molar-refractivity contribution in [3.05, 3.63) is 0 Å². The lowest BCUT2D eigenvalue weighted by Gasteiger charge is -2.37. The topological polar surface area (TPSA) is 84.6 Å². The Morgan fingerprint density at radius 2 is 1.78 bits per heavy atom. The van der Waals surface area contributed by atoms with Gasteiger partial charge in [-0.15, -0.1) is 0 Å². The van der Waals surface area contributed by atoms with Crippen LogP contribution in [0.3, 0.4) is 0 Å². The number of ether oxygens (including phenoxy) is 1. The Morgan fingerprint density at radius 3 is 2.17 bits per heavy atom. The molecule has 1 atom stereocenters. The van der Waals surface area contributed by atoms with Gasteiger partial charge in [-0.2, -0.15) is 0 Å². The van der Waals surface area contributed by atoms with Gasteiger partial charge in [0.15, 0.2) is 0 Å². The molecule has 108 valence electrons. The molecule has 0 aliphatic heterocycles. The van der Waals surface area contributed by atoms with Gasteiger partial charge in [-0.25, -0.2) is 0 Å². The first-order chi connectivity index (χ1) is 7.94. The van der Waals surface area contributed by atoms with E-state index in [1.807, 2.05) is 13.8 Å². The third kappa shape index (κ3) is 4.92. The Morgan fingerprint density at radius 1 is 1.28 bits per heavy atom. The molecule has 1 unspecified atom stereocenters. The first kappa shape index (κ1) is 17.4. The number of amides is 1. The lowest BCUT2D eigenvalue weighted by molar-refractivity contribution is -0.133. The van der Waals surface area contributed by atoms with Gasteiger partial charge < -0.3 is 20.9 Å². The molecule has 0 heterocycles. The van der Waals surface area contributed by atoms with Crippen LogP contribution in [0, 0.1) is 5.41 Å². The third-order valence-corrected chi connectivity index (χ3v) is 3.65. The number of hydrogen-bond acceptors (Lipinski definition) is 4. The number of aliphatic hydroxyl groups is 1. The van der Waals surface area contributed by atoms with E-state index in [9.17, 15) is 9.90 Å². The van der Waals surface area contributed by atoms with Crippen LogP contribution in [0.1, 0.15) is 41.0 Å². The summed E-state index contributed by atoms with van der Waals surface area (Å²) in [7, 11) is 1.58. The van der Waals surface area contributed by atoms with Gasteiger partial charge >= 0.3 is 0 Å². The van der Waals surface area contributed by atoms with E-state index in [0.29, 0.717) is 13.0 Å². The van der Waals surface area contributed by atoms with Crippen molar-refractivity contribution in [1.29, 1.82) is 0 Å². The SMILES string of the molecule is COCCC(C)(O)CNC(=O)C(C)(C)C(C)(C)N. The molecule has 1 amide bonds. The van der Waals surface area contributed by atoms with E-state index >= 15 is 0 Å². The molecule has 0 rings (SSSR count). The van der Waals surface area contributed by atoms with Crippen LogP contribution in [0.15, 0.2) is 0 Å². The zero-order valence-electron chi connectivity index (χ0n) is 12.5. The van der Waals surface area contributed by atoms with Crippen molar-refractivity contribution in [2.24, 2.45) is 11.1 Å². The summed E-state index contributed by atoms with van der Waals surface area (Å²) < 4.78 is 4.91. The summed E-state index contributed by atoms with van der Waals surface area (Å²) in [5.41, 5.74) is 3.69. The fourth-order valence-electron chi connectivity index (χ4n) is 1.19. The molecule has 0 aromatic heterocycles. The normalized spacial score (nSPS) is 16.2. The fraction of sp³-hybridized carbons (Fsp3) is 0.923. The van der Waals surface area contributed by atoms with Gasteiger partial charge in [0.25, 0.3) is 0 Å². The summed E-state index contributed by atoms with van der Waals surface area (Å²) in [6, 6.07) is 0. The largest absolute Gasteiger partial charge is 0.388 e. The van der Waals surface area contributed by atoms with Gasteiger partial charge in [0.2, 0.25) is 5.91 Å². The number of nitrogens with two attached hydrogens (primary N) is 1. The van der Waals surface area contributed by atoms with Crippen LogP contribution in [0.5, 0.6) is 0 Å². The highest BCUT2D eigenvalue weighted by Gasteiger charge is 2.40. The molecule has 0 aliphatic carbocycles. The Bertz CT molecular complexity index is 280. The highest BCUT2D eigenvalue weighted by atomic mass is 16.5. The summed E-state index contributed by atoms with van der Waals surface area (Å²) in [5.74, 6) is -0.160. The lowest BCUT2D eigenvalue weighted by Crippen LogP contribution is -2.57. The molecule has 0 spiro atoms. The molecule has 0 aromatic carbocycles. The van der Waals surface area contributed by atoms with Crippen molar-refractivity contribution in [3.63, 3.8) is 0 Å². The van der Waals surface area contributed by atoms with Crippen LogP contribution in [0.4, 0.5) is 0 Å². The third-order valence-electron chi connectivity index (χ3n) is 3.65. The maximum atomic E-state index is 12.1. The second kappa shape index (κ2) is 5.99. The summed E-state index contributed by atoms with van der Waals surface area (Å²) >= 11 is 0. The minimum atomic E-state index is -0.972. The molecule has 0 bridgehead atoms. The number of nitrogens with one attached hydrogen (secondary N) is 1. The van der Waals surface area contributed by atoms with Crippen LogP contribution >= 0.6 is 0 Å². The number of hydrogen-bond donors (Lipinski definition) is 3. The second-order valence-corrected chi connectivity index (χ2v) is 6.27. The molecular weight excluding hydrogens is 232 g/mol. The lowest BCUT2D eigenvalue weighted by atomic mass is 9.74. The van der Waals surface area contributed by atoms with Gasteiger partial charge in [-0.3, -0.25) is 4.79 Å². The van der Waals surface area contributed by atoms with Crippen LogP contribution in [-0.2, 0) is 9.53 Å². The van der Waals surface area contributed by atoms with Gasteiger partial charge in [0.05, 0.1) is 11.0 Å². The quantitative estimate of drug-likeness (QED) is 0.627. The molecule has 0 radical (unpaired) electrons. The molecule has 0 saturated carbocycles. The first-order valence-corrected chi connectivity index (χ1v) is 6.22. The van der Waals surface area contributed by atoms with Crippen molar-refractivity contribution in [1.82, 2.24) is 5.32 Å². The molecule has 0 aliphatic rings. The van der Waals surface area contributed by atoms with Crippen molar-refractivity contribution >= 4 is 5.91 Å². The first-order valence-electron chi connectivity index (χ1n) is 6.22. The van der Waals surface area contributed by atoms with Gasteiger partial charge in [-0.1, -0.05) is 0 Å². The Balaban J connectivity index is 4.43. The predicted molar refractivity (Wildman–Crippen MR) is 72.2 cm³/mol. The zero-order valence-corrected chi connectivity index (χ0v) is 12.5. The average Bonchev–Trinajstić information content (AvgIpc) is 2.21. The number of methoxy groups -OCH3 is 1. The van der Waals surface area contributed by atoms with Crippen LogP contribution in [0.25, 0.3) is 0 Å². The standard InChI is InChI=1S/C13H28N2O3/c1-11(2,12(3,4)14)10(16)15-9-13(5,17)7-8-18-6/h17H,7-9,14H2,1-6H3,(H,15,16). The maximum Gasteiger partial charge on any atom is 0.227 e. The zero-order chi connectivity index (χ0) is 14.6. The van der Waals surface area contributed by atoms with Crippen molar-refractivity contribution in [3.8, 4) is 0 Å². The molecule has 0 fully saturated rings. The molecule has 5 nitrogen and oxygen atoms in total. The summed E-state index contributed by atoms with van der Waals surface area (Å²) in [6.07, 6.45) is 0.468. The van der Waals surface area contributed by atoms with Crippen LogP contribution in [-0.4, -0.2) is 42.4 Å². The summed E-state index contributed by atoms with van der Waals surface area (Å²) in [4.78, 5) is 12.1. The smallest absolute Gasteiger partial charge is 0.227 e. The highest BCUT2D eigenvalue weighted by Crippen LogP contribution is 2.28. The number of rotatable bonds is 7. The van der Waals surface area contributed by atoms with Crippen molar-refractivity contribution < 1.29 is 14.6 Å². The monoisotopic (exact) mass is 260 g/mol. The number of carbonyl (C=O) groups is 1. The molecule has 0 saturated heterocycles. The molecular formula is C13H28N2O3. The van der Waals surface area contributed by atoms with E-state index in [0.717, 1.165) is 0 Å². The van der Waals surface area contributed by atoms with E-state index in [-0.39, 0.29) is 12.5 Å².